The first kappa shape index (κ1) is 59.7. The van der Waals surface area contributed by atoms with Crippen molar-refractivity contribution >= 4 is 64.3 Å². The van der Waals surface area contributed by atoms with Gasteiger partial charge in [-0.05, 0) is 101 Å². The zero-order valence-corrected chi connectivity index (χ0v) is 46.3. The van der Waals surface area contributed by atoms with Crippen LogP contribution in [0.1, 0.15) is 140 Å². The van der Waals surface area contributed by atoms with Gasteiger partial charge in [0.2, 0.25) is 41.4 Å². The molecule has 2 aromatic rings. The molecule has 0 bridgehead atoms. The van der Waals surface area contributed by atoms with Gasteiger partial charge in [0.25, 0.3) is 0 Å². The largest absolute Gasteiger partial charge is 0.467 e. The first-order valence-electron chi connectivity index (χ1n) is 27.2. The highest BCUT2D eigenvalue weighted by molar-refractivity contribution is 5.99. The van der Waals surface area contributed by atoms with E-state index in [0.29, 0.717) is 51.5 Å². The first-order chi connectivity index (χ1) is 35.4. The highest BCUT2D eigenvalue weighted by Gasteiger charge is 2.45. The van der Waals surface area contributed by atoms with Gasteiger partial charge in [-0.2, -0.15) is 0 Å². The van der Waals surface area contributed by atoms with Crippen molar-refractivity contribution in [2.45, 2.75) is 194 Å². The van der Waals surface area contributed by atoms with Gasteiger partial charge in [-0.15, -0.1) is 0 Å². The lowest BCUT2D eigenvalue weighted by Crippen LogP contribution is -2.61. The third-order valence-corrected chi connectivity index (χ3v) is 14.9. The fourth-order valence-electron chi connectivity index (χ4n) is 10.4. The topological polar surface area (TPSA) is 258 Å². The molecular weight excluding hydrogens is 963 g/mol. The number of aromatic nitrogens is 1. The Labute approximate surface area is 442 Å². The Morgan fingerprint density at radius 2 is 1.16 bits per heavy atom. The molecule has 4 heterocycles. The van der Waals surface area contributed by atoms with Gasteiger partial charge in [0.15, 0.2) is 0 Å². The van der Waals surface area contributed by atoms with Gasteiger partial charge in [-0.25, -0.2) is 9.59 Å². The molecule has 3 aliphatic heterocycles. The van der Waals surface area contributed by atoms with Crippen molar-refractivity contribution in [3.8, 4) is 0 Å². The minimum Gasteiger partial charge on any atom is -0.467 e. The van der Waals surface area contributed by atoms with E-state index in [9.17, 15) is 38.4 Å². The molecule has 0 unspecified atom stereocenters. The number of rotatable bonds is 22. The molecule has 20 heteroatoms. The third kappa shape index (κ3) is 15.2. The van der Waals surface area contributed by atoms with E-state index in [2.05, 4.69) is 31.6 Å². The summed E-state index contributed by atoms with van der Waals surface area (Å²) in [4.78, 5) is 134. The zero-order valence-electron chi connectivity index (χ0n) is 46.3. The van der Waals surface area contributed by atoms with Crippen molar-refractivity contribution < 1.29 is 52.6 Å². The summed E-state index contributed by atoms with van der Waals surface area (Å²) in [5.41, 5.74) is 0.755. The summed E-state index contributed by atoms with van der Waals surface area (Å²) < 4.78 is 10.4. The Bertz CT molecular complexity index is 2360. The van der Waals surface area contributed by atoms with E-state index >= 15 is 4.79 Å². The highest BCUT2D eigenvalue weighted by atomic mass is 16.6. The summed E-state index contributed by atoms with van der Waals surface area (Å²) in [5.74, 6) is -5.31. The van der Waals surface area contributed by atoms with Gasteiger partial charge in [0.05, 0.1) is 7.11 Å². The molecule has 75 heavy (non-hydrogen) atoms. The average molecular weight is 1050 g/mol. The van der Waals surface area contributed by atoms with Gasteiger partial charge < -0.3 is 55.7 Å². The SMILES string of the molecule is CC[C@H](C)[C@H](NC(=O)OC(C)(C)C)C(=O)N1CCC[C@H]1C(=O)N[C@@H](CC(C)C)C(=O)N[C@@H](Cc1c[nH]c2ccccc12)C(=O)N1CCC[C@H]1C(=O)N[C@H](C(=O)N[C@H](C(=O)N1CCC[C@H]1C(=O)OC)[C@@H](C)CC)C(C)C. The molecule has 3 aliphatic rings. The number of nitrogens with zero attached hydrogens (tertiary/aromatic N) is 3. The van der Waals surface area contributed by atoms with Gasteiger partial charge >= 0.3 is 12.1 Å². The molecule has 0 aliphatic carbocycles. The molecule has 0 radical (unpaired) electrons. The normalized spacial score (nSPS) is 20.7. The number of H-pyrrole nitrogens is 1. The molecule has 20 nitrogen and oxygen atoms in total. The van der Waals surface area contributed by atoms with E-state index in [0.717, 1.165) is 16.5 Å². The molecule has 6 N–H and O–H groups in total. The van der Waals surface area contributed by atoms with Crippen LogP contribution in [0.5, 0.6) is 0 Å². The summed E-state index contributed by atoms with van der Waals surface area (Å²) in [6, 6.07) is -0.519. The fourth-order valence-corrected chi connectivity index (χ4v) is 10.4. The minimum absolute atomic E-state index is 0.0320. The number of ether oxygens (including phenoxy) is 2. The quantitative estimate of drug-likeness (QED) is 0.0897. The number of para-hydroxylation sites is 1. The van der Waals surface area contributed by atoms with Gasteiger partial charge in [-0.3, -0.25) is 33.6 Å². The lowest BCUT2D eigenvalue weighted by molar-refractivity contribution is -0.152. The van der Waals surface area contributed by atoms with Crippen molar-refractivity contribution in [1.29, 1.82) is 0 Å². The number of methoxy groups -OCH3 is 1. The fraction of sp³-hybridized carbons (Fsp3) is 0.691. The van der Waals surface area contributed by atoms with Crippen LogP contribution in [-0.4, -0.2) is 154 Å². The number of hydrogen-bond acceptors (Lipinski definition) is 11. The van der Waals surface area contributed by atoms with E-state index in [1.807, 2.05) is 65.8 Å². The summed E-state index contributed by atoms with van der Waals surface area (Å²) in [7, 11) is 1.27. The van der Waals surface area contributed by atoms with Crippen LogP contribution in [0.4, 0.5) is 4.79 Å². The second-order valence-corrected chi connectivity index (χ2v) is 22.5. The summed E-state index contributed by atoms with van der Waals surface area (Å²) in [6.45, 7) is 20.8. The minimum atomic E-state index is -1.21. The van der Waals surface area contributed by atoms with E-state index in [4.69, 9.17) is 9.47 Å². The van der Waals surface area contributed by atoms with E-state index in [-0.39, 0.29) is 50.1 Å². The van der Waals surface area contributed by atoms with E-state index < -0.39 is 113 Å². The molecule has 5 rings (SSSR count). The predicted molar refractivity (Wildman–Crippen MR) is 282 cm³/mol. The Balaban J connectivity index is 1.37. The standard InChI is InChI=1S/C55H85N9O11/c1-13-33(7)44(51(70)64-27-19-24-42(64)53(72)74-12)60-49(68)43(32(5)6)59-48(67)41-23-17-25-62(41)50(69)39(29-35-30-56-37-21-16-15-20-36(35)37)58-46(65)38(28-31(3)4)57-47(66)40-22-18-26-63(40)52(71)45(34(8)14-2)61-54(73)75-55(9,10)11/h15-16,20-21,30-34,38-45,56H,13-14,17-19,22-29H2,1-12H3,(H,57,66)(H,58,65)(H,59,67)(H,60,68)(H,61,73)/t33-,34-,38-,39-,40-,41-,42-,43-,44-,45-/m0/s1. The maximum absolute atomic E-state index is 15.0. The smallest absolute Gasteiger partial charge is 0.408 e. The molecule has 8 amide bonds. The van der Waals surface area contributed by atoms with E-state index in [1.54, 1.807) is 40.8 Å². The number of aromatic amines is 1. The second kappa shape index (κ2) is 26.5. The molecule has 3 saturated heterocycles. The monoisotopic (exact) mass is 1050 g/mol. The van der Waals surface area contributed by atoms with Crippen LogP contribution in [0.15, 0.2) is 30.5 Å². The Morgan fingerprint density at radius 1 is 0.640 bits per heavy atom. The first-order valence-corrected chi connectivity index (χ1v) is 27.2. The molecule has 3 fully saturated rings. The lowest BCUT2D eigenvalue weighted by atomic mass is 9.95. The number of likely N-dealkylation sites (tertiary alicyclic amines) is 3. The maximum atomic E-state index is 15.0. The lowest BCUT2D eigenvalue weighted by Gasteiger charge is -2.34. The number of carbonyl (C=O) groups excluding carboxylic acids is 9. The maximum Gasteiger partial charge on any atom is 0.408 e. The van der Waals surface area contributed by atoms with Crippen molar-refractivity contribution in [3.63, 3.8) is 0 Å². The molecule has 416 valence electrons. The Hall–Kier alpha value is -6.21. The van der Waals surface area contributed by atoms with Crippen molar-refractivity contribution in [2.75, 3.05) is 26.7 Å². The van der Waals surface area contributed by atoms with Crippen LogP contribution in [0, 0.1) is 23.7 Å². The van der Waals surface area contributed by atoms with Crippen LogP contribution in [0.25, 0.3) is 10.9 Å². The Kier molecular flexibility index (Phi) is 21.1. The van der Waals surface area contributed by atoms with Crippen LogP contribution in [-0.2, 0) is 54.3 Å². The molecule has 0 spiro atoms. The van der Waals surface area contributed by atoms with Crippen LogP contribution in [0.3, 0.4) is 0 Å². The number of carbonyl (C=O) groups is 9. The van der Waals surface area contributed by atoms with E-state index in [1.165, 1.54) is 21.8 Å². The number of fused-ring (bicyclic) bond motifs is 1. The van der Waals surface area contributed by atoms with Crippen molar-refractivity contribution in [2.24, 2.45) is 23.7 Å². The number of alkyl carbamates (subject to hydrolysis) is 1. The molecular formula is C55H85N9O11. The Morgan fingerprint density at radius 3 is 1.69 bits per heavy atom. The zero-order chi connectivity index (χ0) is 55.5. The molecule has 1 aromatic carbocycles. The number of esters is 1. The molecule has 1 aromatic heterocycles. The van der Waals surface area contributed by atoms with Gasteiger partial charge in [-0.1, -0.05) is 86.4 Å². The van der Waals surface area contributed by atoms with Gasteiger partial charge in [0, 0.05) is 43.2 Å². The van der Waals surface area contributed by atoms with Crippen molar-refractivity contribution in [3.05, 3.63) is 36.0 Å². The summed E-state index contributed by atoms with van der Waals surface area (Å²) in [6.07, 6.45) is 5.02. The average Bonchev–Trinajstić information content (AvgIpc) is 4.22. The van der Waals surface area contributed by atoms with Crippen LogP contribution in [0.2, 0.25) is 0 Å². The van der Waals surface area contributed by atoms with Gasteiger partial charge in [0.1, 0.15) is 53.9 Å². The number of hydrogen-bond donors (Lipinski definition) is 6. The third-order valence-electron chi connectivity index (χ3n) is 14.9. The summed E-state index contributed by atoms with van der Waals surface area (Å²) >= 11 is 0. The van der Waals surface area contributed by atoms with Crippen molar-refractivity contribution in [1.82, 2.24) is 46.3 Å². The number of nitrogens with one attached hydrogen (secondary N) is 6. The van der Waals surface area contributed by atoms with Crippen LogP contribution >= 0.6 is 0 Å². The molecule has 10 atom stereocenters. The molecule has 0 saturated carbocycles. The number of benzene rings is 1. The number of amides is 8. The van der Waals surface area contributed by atoms with Crippen LogP contribution < -0.4 is 26.6 Å². The second-order valence-electron chi connectivity index (χ2n) is 22.5. The summed E-state index contributed by atoms with van der Waals surface area (Å²) in [5, 5.41) is 15.3. The predicted octanol–water partition coefficient (Wildman–Crippen LogP) is 4.48. The highest BCUT2D eigenvalue weighted by Crippen LogP contribution is 2.27.